The largest absolute Gasteiger partial charge is 0.386 e. The number of amides is 1. The second kappa shape index (κ2) is 5.10. The second-order valence-corrected chi connectivity index (χ2v) is 4.85. The average Bonchev–Trinajstić information content (AvgIpc) is 2.80. The molecule has 7 nitrogen and oxygen atoms in total. The van der Waals surface area contributed by atoms with E-state index in [2.05, 4.69) is 15.5 Å². The molecule has 1 unspecified atom stereocenters. The van der Waals surface area contributed by atoms with Gasteiger partial charge in [0.15, 0.2) is 0 Å². The van der Waals surface area contributed by atoms with Crippen molar-refractivity contribution in [3.05, 3.63) is 27.2 Å². The number of ether oxygens (including phenoxy) is 1. The molecule has 1 aliphatic rings. The van der Waals surface area contributed by atoms with E-state index in [0.717, 1.165) is 0 Å². The van der Waals surface area contributed by atoms with Crippen LogP contribution in [0.2, 0.25) is 0 Å². The Balaban J connectivity index is 2.12. The van der Waals surface area contributed by atoms with Gasteiger partial charge in [0.05, 0.1) is 12.3 Å². The molecular formula is C12H17N3O4. The lowest BCUT2D eigenvalue weighted by atomic mass is 10.0. The minimum Gasteiger partial charge on any atom is -0.386 e. The van der Waals surface area contributed by atoms with Gasteiger partial charge in [-0.1, -0.05) is 0 Å². The number of hydrogen-bond donors (Lipinski definition) is 3. The Morgan fingerprint density at radius 3 is 2.95 bits per heavy atom. The number of nitrogens with one attached hydrogen (secondary N) is 2. The van der Waals surface area contributed by atoms with Crippen LogP contribution in [0.3, 0.4) is 0 Å². The number of aryl methyl sites for hydroxylation is 1. The first-order chi connectivity index (χ1) is 8.93. The maximum Gasteiger partial charge on any atom is 0.277 e. The quantitative estimate of drug-likeness (QED) is 0.669. The SMILES string of the molecule is Cc1n[nH]c(=O)c(C(=O)NCC2(O)CCOC2)c1C. The van der Waals surface area contributed by atoms with Gasteiger partial charge in [0.1, 0.15) is 11.2 Å². The van der Waals surface area contributed by atoms with Crippen molar-refractivity contribution < 1.29 is 14.6 Å². The molecule has 3 N–H and O–H groups in total. The Morgan fingerprint density at radius 2 is 2.32 bits per heavy atom. The molecule has 1 amide bonds. The molecule has 2 rings (SSSR count). The summed E-state index contributed by atoms with van der Waals surface area (Å²) in [7, 11) is 0. The molecule has 7 heteroatoms. The minimum absolute atomic E-state index is 0.0371. The van der Waals surface area contributed by atoms with Crippen molar-refractivity contribution in [3.63, 3.8) is 0 Å². The molecule has 0 aliphatic carbocycles. The molecule has 1 saturated heterocycles. The van der Waals surface area contributed by atoms with Gasteiger partial charge in [-0.3, -0.25) is 9.59 Å². The predicted molar refractivity (Wildman–Crippen MR) is 67.1 cm³/mol. The lowest BCUT2D eigenvalue weighted by molar-refractivity contribution is 0.0264. The highest BCUT2D eigenvalue weighted by Crippen LogP contribution is 2.17. The number of hydrogen-bond acceptors (Lipinski definition) is 5. The Bertz CT molecular complexity index is 546. The van der Waals surface area contributed by atoms with E-state index in [1.807, 2.05) is 0 Å². The van der Waals surface area contributed by atoms with E-state index in [0.29, 0.717) is 24.3 Å². The summed E-state index contributed by atoms with van der Waals surface area (Å²) in [5.74, 6) is -0.510. The van der Waals surface area contributed by atoms with E-state index in [1.165, 1.54) is 0 Å². The molecule has 0 spiro atoms. The summed E-state index contributed by atoms with van der Waals surface area (Å²) in [5.41, 5.74) is -0.410. The summed E-state index contributed by atoms with van der Waals surface area (Å²) >= 11 is 0. The number of nitrogens with zero attached hydrogens (tertiary/aromatic N) is 1. The maximum absolute atomic E-state index is 12.0. The van der Waals surface area contributed by atoms with Crippen molar-refractivity contribution in [2.24, 2.45) is 0 Å². The van der Waals surface area contributed by atoms with Gasteiger partial charge < -0.3 is 15.2 Å². The van der Waals surface area contributed by atoms with Crippen molar-refractivity contribution in [2.75, 3.05) is 19.8 Å². The highest BCUT2D eigenvalue weighted by atomic mass is 16.5. The van der Waals surface area contributed by atoms with Gasteiger partial charge in [0, 0.05) is 19.6 Å². The molecule has 0 aromatic carbocycles. The number of aliphatic hydroxyl groups is 1. The zero-order valence-electron chi connectivity index (χ0n) is 10.9. The van der Waals surface area contributed by atoms with E-state index in [1.54, 1.807) is 13.8 Å². The van der Waals surface area contributed by atoms with E-state index < -0.39 is 17.1 Å². The van der Waals surface area contributed by atoms with Crippen molar-refractivity contribution in [1.82, 2.24) is 15.5 Å². The van der Waals surface area contributed by atoms with E-state index in [4.69, 9.17) is 4.74 Å². The van der Waals surface area contributed by atoms with Crippen LogP contribution in [0.25, 0.3) is 0 Å². The monoisotopic (exact) mass is 267 g/mol. The van der Waals surface area contributed by atoms with Gasteiger partial charge in [-0.05, 0) is 19.4 Å². The van der Waals surface area contributed by atoms with Crippen molar-refractivity contribution in [3.8, 4) is 0 Å². The summed E-state index contributed by atoms with van der Waals surface area (Å²) in [5, 5.41) is 18.7. The fraction of sp³-hybridized carbons (Fsp3) is 0.583. The lowest BCUT2D eigenvalue weighted by Crippen LogP contribution is -2.44. The zero-order valence-corrected chi connectivity index (χ0v) is 10.9. The Kier molecular flexibility index (Phi) is 3.68. The third-order valence-corrected chi connectivity index (χ3v) is 3.36. The number of carbonyl (C=O) groups excluding carboxylic acids is 1. The second-order valence-electron chi connectivity index (χ2n) is 4.85. The maximum atomic E-state index is 12.0. The Hall–Kier alpha value is -1.73. The highest BCUT2D eigenvalue weighted by Gasteiger charge is 2.33. The number of H-pyrrole nitrogens is 1. The molecule has 1 atom stereocenters. The summed E-state index contributed by atoms with van der Waals surface area (Å²) < 4.78 is 5.09. The zero-order chi connectivity index (χ0) is 14.0. The molecule has 0 radical (unpaired) electrons. The van der Waals surface area contributed by atoms with Crippen LogP contribution in [-0.2, 0) is 4.74 Å². The fourth-order valence-electron chi connectivity index (χ4n) is 1.97. The van der Waals surface area contributed by atoms with Gasteiger partial charge in [-0.15, -0.1) is 0 Å². The van der Waals surface area contributed by atoms with Gasteiger partial charge >= 0.3 is 0 Å². The van der Waals surface area contributed by atoms with Crippen LogP contribution in [0.1, 0.15) is 28.0 Å². The summed E-state index contributed by atoms with van der Waals surface area (Å²) in [6.07, 6.45) is 0.470. The third-order valence-electron chi connectivity index (χ3n) is 3.36. The summed E-state index contributed by atoms with van der Waals surface area (Å²) in [6.45, 7) is 4.10. The fourth-order valence-corrected chi connectivity index (χ4v) is 1.97. The standard InChI is InChI=1S/C12H17N3O4/c1-7-8(2)14-15-11(17)9(7)10(16)13-5-12(18)3-4-19-6-12/h18H,3-6H2,1-2H3,(H,13,16)(H,15,17). The van der Waals surface area contributed by atoms with Crippen LogP contribution in [0.4, 0.5) is 0 Å². The molecule has 0 saturated carbocycles. The molecule has 2 heterocycles. The van der Waals surface area contributed by atoms with E-state index >= 15 is 0 Å². The van der Waals surface area contributed by atoms with Gasteiger partial charge in [0.25, 0.3) is 11.5 Å². The first kappa shape index (κ1) is 13.7. The molecule has 1 aromatic rings. The number of aromatic amines is 1. The molecule has 0 bridgehead atoms. The van der Waals surface area contributed by atoms with E-state index in [-0.39, 0.29) is 18.7 Å². The van der Waals surface area contributed by atoms with Gasteiger partial charge in [-0.25, -0.2) is 5.10 Å². The first-order valence-corrected chi connectivity index (χ1v) is 6.07. The van der Waals surface area contributed by atoms with Crippen LogP contribution in [0.5, 0.6) is 0 Å². The molecule has 19 heavy (non-hydrogen) atoms. The minimum atomic E-state index is -1.04. The summed E-state index contributed by atoms with van der Waals surface area (Å²) in [4.78, 5) is 23.7. The van der Waals surface area contributed by atoms with Crippen molar-refractivity contribution in [2.45, 2.75) is 25.9 Å². The molecule has 1 aliphatic heterocycles. The first-order valence-electron chi connectivity index (χ1n) is 6.07. The molecule has 1 fully saturated rings. The lowest BCUT2D eigenvalue weighted by Gasteiger charge is -2.20. The molecule has 104 valence electrons. The topological polar surface area (TPSA) is 104 Å². The number of rotatable bonds is 3. The van der Waals surface area contributed by atoms with E-state index in [9.17, 15) is 14.7 Å². The van der Waals surface area contributed by atoms with Gasteiger partial charge in [0.2, 0.25) is 0 Å². The van der Waals surface area contributed by atoms with Crippen molar-refractivity contribution in [1.29, 1.82) is 0 Å². The molecular weight excluding hydrogens is 250 g/mol. The number of carbonyl (C=O) groups is 1. The number of aromatic nitrogens is 2. The third kappa shape index (κ3) is 2.82. The van der Waals surface area contributed by atoms with Crippen LogP contribution < -0.4 is 10.9 Å². The molecule has 1 aromatic heterocycles. The predicted octanol–water partition coefficient (Wildman–Crippen LogP) is -0.732. The Labute approximate surface area is 110 Å². The highest BCUT2D eigenvalue weighted by molar-refractivity contribution is 5.95. The van der Waals surface area contributed by atoms with Crippen LogP contribution in [0, 0.1) is 13.8 Å². The van der Waals surface area contributed by atoms with Gasteiger partial charge in [-0.2, -0.15) is 5.10 Å². The normalized spacial score (nSPS) is 22.5. The smallest absolute Gasteiger partial charge is 0.277 e. The van der Waals surface area contributed by atoms with Crippen LogP contribution >= 0.6 is 0 Å². The van der Waals surface area contributed by atoms with Crippen LogP contribution in [-0.4, -0.2) is 46.6 Å². The average molecular weight is 267 g/mol. The van der Waals surface area contributed by atoms with Crippen molar-refractivity contribution >= 4 is 5.91 Å². The van der Waals surface area contributed by atoms with Crippen LogP contribution in [0.15, 0.2) is 4.79 Å². The Morgan fingerprint density at radius 1 is 1.58 bits per heavy atom. The summed E-state index contributed by atoms with van der Waals surface area (Å²) in [6, 6.07) is 0.